The molecule has 5 nitrogen and oxygen atoms in total. The van der Waals surface area contributed by atoms with Crippen LogP contribution in [0.3, 0.4) is 0 Å². The minimum atomic E-state index is -1.04. The molecule has 20 heavy (non-hydrogen) atoms. The molecule has 1 aromatic heterocycles. The fourth-order valence-electron chi connectivity index (χ4n) is 1.85. The highest BCUT2D eigenvalue weighted by atomic mass is 16.5. The maximum Gasteiger partial charge on any atom is 0.354 e. The number of benzene rings is 1. The Morgan fingerprint density at radius 1 is 1.35 bits per heavy atom. The van der Waals surface area contributed by atoms with Gasteiger partial charge in [0.15, 0.2) is 0 Å². The second-order valence-electron chi connectivity index (χ2n) is 4.26. The molecule has 0 radical (unpaired) electrons. The Kier molecular flexibility index (Phi) is 4.68. The second kappa shape index (κ2) is 6.68. The molecule has 2 aromatic rings. The lowest BCUT2D eigenvalue weighted by molar-refractivity contribution is 0.0690. The number of carboxylic acids is 1. The zero-order valence-electron chi connectivity index (χ0n) is 11.2. The molecule has 0 saturated carbocycles. The number of rotatable bonds is 6. The standard InChI is InChI=1S/C15H16N2O3/c1-20-9-7-11-4-2-3-5-13(11)17-12-6-8-16-14(10-12)15(18)19/h2-6,8,10H,7,9H2,1H3,(H,16,17)(H,18,19). The Hall–Kier alpha value is -2.40. The van der Waals surface area contributed by atoms with Gasteiger partial charge in [0.25, 0.3) is 0 Å². The van der Waals surface area contributed by atoms with Gasteiger partial charge in [0.1, 0.15) is 5.69 Å². The van der Waals surface area contributed by atoms with E-state index >= 15 is 0 Å². The molecule has 5 heteroatoms. The van der Waals surface area contributed by atoms with E-state index in [1.54, 1.807) is 13.2 Å². The fourth-order valence-corrected chi connectivity index (χ4v) is 1.85. The molecule has 0 bridgehead atoms. The van der Waals surface area contributed by atoms with Gasteiger partial charge in [-0.05, 0) is 30.2 Å². The maximum atomic E-state index is 10.9. The number of aromatic nitrogens is 1. The summed E-state index contributed by atoms with van der Waals surface area (Å²) >= 11 is 0. The predicted octanol–water partition coefficient (Wildman–Crippen LogP) is 2.71. The number of hydrogen-bond donors (Lipinski definition) is 2. The minimum Gasteiger partial charge on any atom is -0.477 e. The Morgan fingerprint density at radius 3 is 2.90 bits per heavy atom. The first kappa shape index (κ1) is 14.0. The van der Waals surface area contributed by atoms with Gasteiger partial charge in [-0.25, -0.2) is 9.78 Å². The van der Waals surface area contributed by atoms with E-state index in [-0.39, 0.29) is 5.69 Å². The van der Waals surface area contributed by atoms with Crippen LogP contribution in [0.25, 0.3) is 0 Å². The highest BCUT2D eigenvalue weighted by Gasteiger charge is 2.06. The van der Waals surface area contributed by atoms with E-state index in [0.717, 1.165) is 17.7 Å². The Morgan fingerprint density at radius 2 is 2.15 bits per heavy atom. The van der Waals surface area contributed by atoms with Gasteiger partial charge < -0.3 is 15.2 Å². The van der Waals surface area contributed by atoms with E-state index in [1.165, 1.54) is 12.3 Å². The van der Waals surface area contributed by atoms with E-state index in [1.807, 2.05) is 24.3 Å². The number of hydrogen-bond acceptors (Lipinski definition) is 4. The molecule has 0 spiro atoms. The van der Waals surface area contributed by atoms with E-state index in [0.29, 0.717) is 12.3 Å². The molecule has 0 aliphatic carbocycles. The fraction of sp³-hybridized carbons (Fsp3) is 0.200. The molecule has 0 unspecified atom stereocenters. The number of aromatic carboxylic acids is 1. The average Bonchev–Trinajstić information content (AvgIpc) is 2.46. The lowest BCUT2D eigenvalue weighted by Gasteiger charge is -2.12. The van der Waals surface area contributed by atoms with Gasteiger partial charge in [0, 0.05) is 24.7 Å². The summed E-state index contributed by atoms with van der Waals surface area (Å²) in [5, 5.41) is 12.2. The Bertz CT molecular complexity index is 599. The van der Waals surface area contributed by atoms with Crippen molar-refractivity contribution in [1.29, 1.82) is 0 Å². The first-order valence-electron chi connectivity index (χ1n) is 6.24. The summed E-state index contributed by atoms with van der Waals surface area (Å²) in [5.74, 6) is -1.04. The number of carboxylic acid groups (broad SMARTS) is 1. The SMILES string of the molecule is COCCc1ccccc1Nc1ccnc(C(=O)O)c1. The maximum absolute atomic E-state index is 10.9. The summed E-state index contributed by atoms with van der Waals surface area (Å²) in [4.78, 5) is 14.7. The van der Waals surface area contributed by atoms with Crippen molar-refractivity contribution in [3.05, 3.63) is 53.9 Å². The zero-order valence-corrected chi connectivity index (χ0v) is 11.2. The molecule has 0 amide bonds. The third-order valence-electron chi connectivity index (χ3n) is 2.85. The number of carbonyl (C=O) groups is 1. The van der Waals surface area contributed by atoms with Crippen LogP contribution >= 0.6 is 0 Å². The Balaban J connectivity index is 2.21. The van der Waals surface area contributed by atoms with Gasteiger partial charge in [0.05, 0.1) is 6.61 Å². The number of anilines is 2. The van der Waals surface area contributed by atoms with Crippen LogP contribution in [0.15, 0.2) is 42.6 Å². The van der Waals surface area contributed by atoms with Crippen molar-refractivity contribution >= 4 is 17.3 Å². The van der Waals surface area contributed by atoms with Crippen LogP contribution in [-0.2, 0) is 11.2 Å². The molecule has 104 valence electrons. The molecule has 0 atom stereocenters. The first-order valence-corrected chi connectivity index (χ1v) is 6.24. The number of para-hydroxylation sites is 1. The van der Waals surface area contributed by atoms with Gasteiger partial charge in [0.2, 0.25) is 0 Å². The molecule has 2 rings (SSSR count). The molecular formula is C15H16N2O3. The molecule has 0 saturated heterocycles. The van der Waals surface area contributed by atoms with Gasteiger partial charge >= 0.3 is 5.97 Å². The molecule has 0 aliphatic rings. The van der Waals surface area contributed by atoms with Gasteiger partial charge in [-0.1, -0.05) is 18.2 Å². The van der Waals surface area contributed by atoms with Crippen LogP contribution in [-0.4, -0.2) is 29.8 Å². The predicted molar refractivity (Wildman–Crippen MR) is 76.5 cm³/mol. The van der Waals surface area contributed by atoms with E-state index in [2.05, 4.69) is 10.3 Å². The Labute approximate surface area is 117 Å². The third-order valence-corrected chi connectivity index (χ3v) is 2.85. The summed E-state index contributed by atoms with van der Waals surface area (Å²) < 4.78 is 5.09. The molecule has 0 aliphatic heterocycles. The van der Waals surface area contributed by atoms with Crippen molar-refractivity contribution in [2.45, 2.75) is 6.42 Å². The number of methoxy groups -OCH3 is 1. The van der Waals surface area contributed by atoms with Crippen LogP contribution in [0.4, 0.5) is 11.4 Å². The van der Waals surface area contributed by atoms with Crippen molar-refractivity contribution in [3.63, 3.8) is 0 Å². The number of ether oxygens (including phenoxy) is 1. The number of nitrogens with one attached hydrogen (secondary N) is 1. The summed E-state index contributed by atoms with van der Waals surface area (Å²) in [6.07, 6.45) is 2.26. The molecular weight excluding hydrogens is 256 g/mol. The van der Waals surface area contributed by atoms with Crippen molar-refractivity contribution < 1.29 is 14.6 Å². The van der Waals surface area contributed by atoms with Crippen LogP contribution in [0.5, 0.6) is 0 Å². The van der Waals surface area contributed by atoms with Crippen LogP contribution in [0.2, 0.25) is 0 Å². The molecule has 2 N–H and O–H groups in total. The van der Waals surface area contributed by atoms with Crippen LogP contribution in [0.1, 0.15) is 16.1 Å². The highest BCUT2D eigenvalue weighted by Crippen LogP contribution is 2.21. The van der Waals surface area contributed by atoms with Crippen LogP contribution in [0, 0.1) is 0 Å². The van der Waals surface area contributed by atoms with Crippen molar-refractivity contribution in [1.82, 2.24) is 4.98 Å². The van der Waals surface area contributed by atoms with E-state index in [4.69, 9.17) is 9.84 Å². The summed E-state index contributed by atoms with van der Waals surface area (Å²) in [7, 11) is 1.66. The summed E-state index contributed by atoms with van der Waals surface area (Å²) in [5.41, 5.74) is 2.77. The molecule has 1 heterocycles. The van der Waals surface area contributed by atoms with Crippen LogP contribution < -0.4 is 5.32 Å². The lowest BCUT2D eigenvalue weighted by atomic mass is 10.1. The smallest absolute Gasteiger partial charge is 0.354 e. The average molecular weight is 272 g/mol. The quantitative estimate of drug-likeness (QED) is 0.846. The van der Waals surface area contributed by atoms with Crippen molar-refractivity contribution in [3.8, 4) is 0 Å². The highest BCUT2D eigenvalue weighted by molar-refractivity contribution is 5.86. The van der Waals surface area contributed by atoms with Crippen molar-refractivity contribution in [2.75, 3.05) is 19.0 Å². The number of pyridine rings is 1. The van der Waals surface area contributed by atoms with E-state index < -0.39 is 5.97 Å². The third kappa shape index (κ3) is 3.55. The lowest BCUT2D eigenvalue weighted by Crippen LogP contribution is -2.03. The van der Waals surface area contributed by atoms with E-state index in [9.17, 15) is 4.79 Å². The zero-order chi connectivity index (χ0) is 14.4. The summed E-state index contributed by atoms with van der Waals surface area (Å²) in [6, 6.07) is 11.1. The minimum absolute atomic E-state index is 0.0179. The van der Waals surface area contributed by atoms with Crippen molar-refractivity contribution in [2.24, 2.45) is 0 Å². The van der Waals surface area contributed by atoms with Gasteiger partial charge in [-0.3, -0.25) is 0 Å². The number of nitrogens with zero attached hydrogens (tertiary/aromatic N) is 1. The molecule has 0 fully saturated rings. The van der Waals surface area contributed by atoms with Gasteiger partial charge in [-0.15, -0.1) is 0 Å². The van der Waals surface area contributed by atoms with Gasteiger partial charge in [-0.2, -0.15) is 0 Å². The topological polar surface area (TPSA) is 71.5 Å². The first-order chi connectivity index (χ1) is 9.70. The largest absolute Gasteiger partial charge is 0.477 e. The monoisotopic (exact) mass is 272 g/mol. The summed E-state index contributed by atoms with van der Waals surface area (Å²) in [6.45, 7) is 0.634. The normalized spacial score (nSPS) is 10.2. The second-order valence-corrected chi connectivity index (χ2v) is 4.26. The molecule has 1 aromatic carbocycles.